The number of carbonyl (C=O) groups excluding carboxylic acids is 1. The second-order valence-corrected chi connectivity index (χ2v) is 5.20. The normalized spacial score (nSPS) is 21.3. The lowest BCUT2D eigenvalue weighted by molar-refractivity contribution is -0.127. The molecular formula is C12H23NOS. The summed E-state index contributed by atoms with van der Waals surface area (Å²) in [5.74, 6) is 0.295. The van der Waals surface area contributed by atoms with E-state index in [0.717, 1.165) is 19.5 Å². The number of nitrogens with zero attached hydrogens (tertiary/aromatic N) is 1. The highest BCUT2D eigenvalue weighted by Gasteiger charge is 2.26. The predicted molar refractivity (Wildman–Crippen MR) is 67.3 cm³/mol. The topological polar surface area (TPSA) is 20.3 Å². The Balaban J connectivity index is 1.98. The molecule has 1 heterocycles. The van der Waals surface area contributed by atoms with Crippen molar-refractivity contribution >= 4 is 18.5 Å². The van der Waals surface area contributed by atoms with Crippen LogP contribution in [0.4, 0.5) is 0 Å². The minimum Gasteiger partial charge on any atom is -0.342 e. The molecule has 0 spiro atoms. The average molecular weight is 229 g/mol. The highest BCUT2D eigenvalue weighted by atomic mass is 32.1. The zero-order chi connectivity index (χ0) is 11.1. The van der Waals surface area contributed by atoms with Gasteiger partial charge in [-0.05, 0) is 6.42 Å². The first-order valence-electron chi connectivity index (χ1n) is 6.20. The number of carbonyl (C=O) groups is 1. The summed E-state index contributed by atoms with van der Waals surface area (Å²) in [4.78, 5) is 13.4. The molecule has 1 aliphatic rings. The van der Waals surface area contributed by atoms with E-state index < -0.39 is 0 Å². The Kier molecular flexibility index (Phi) is 6.15. The molecule has 15 heavy (non-hydrogen) atoms. The molecular weight excluding hydrogens is 206 g/mol. The van der Waals surface area contributed by atoms with Gasteiger partial charge in [-0.3, -0.25) is 4.79 Å². The molecule has 1 aliphatic heterocycles. The third-order valence-corrected chi connectivity index (χ3v) is 3.32. The highest BCUT2D eigenvalue weighted by Crippen LogP contribution is 2.16. The molecule has 88 valence electrons. The zero-order valence-electron chi connectivity index (χ0n) is 9.74. The quantitative estimate of drug-likeness (QED) is 0.526. The van der Waals surface area contributed by atoms with Crippen molar-refractivity contribution in [3.8, 4) is 0 Å². The van der Waals surface area contributed by atoms with Crippen molar-refractivity contribution in [3.63, 3.8) is 0 Å². The van der Waals surface area contributed by atoms with Crippen molar-refractivity contribution in [3.05, 3.63) is 0 Å². The first-order valence-corrected chi connectivity index (χ1v) is 6.71. The summed E-state index contributed by atoms with van der Waals surface area (Å²) < 4.78 is 0. The maximum absolute atomic E-state index is 11.4. The number of thiol groups is 1. The molecule has 0 aliphatic carbocycles. The van der Waals surface area contributed by atoms with Crippen molar-refractivity contribution in [2.75, 3.05) is 13.1 Å². The fraction of sp³-hybridized carbons (Fsp3) is 0.917. The highest BCUT2D eigenvalue weighted by molar-refractivity contribution is 7.81. The number of hydrogen-bond donors (Lipinski definition) is 1. The van der Waals surface area contributed by atoms with Crippen LogP contribution in [0.25, 0.3) is 0 Å². The lowest BCUT2D eigenvalue weighted by Crippen LogP contribution is -2.26. The third-order valence-electron chi connectivity index (χ3n) is 2.98. The summed E-state index contributed by atoms with van der Waals surface area (Å²) in [6.07, 6.45) is 8.38. The van der Waals surface area contributed by atoms with Gasteiger partial charge in [0.1, 0.15) is 0 Å². The van der Waals surface area contributed by atoms with Gasteiger partial charge in [0.25, 0.3) is 0 Å². The molecule has 1 rings (SSSR count). The fourth-order valence-corrected chi connectivity index (χ4v) is 2.40. The molecule has 0 aromatic heterocycles. The standard InChI is InChI=1S/C12H23NOS/c1-2-3-4-5-6-7-8-13-10-11(15)9-12(13)14/h11,15H,2-10H2,1H3. The van der Waals surface area contributed by atoms with Gasteiger partial charge in [-0.2, -0.15) is 12.6 Å². The minimum atomic E-state index is 0.276. The van der Waals surface area contributed by atoms with Crippen LogP contribution in [-0.2, 0) is 4.79 Å². The van der Waals surface area contributed by atoms with E-state index in [4.69, 9.17) is 0 Å². The number of likely N-dealkylation sites (tertiary alicyclic amines) is 1. The van der Waals surface area contributed by atoms with Gasteiger partial charge in [0.05, 0.1) is 0 Å². The van der Waals surface area contributed by atoms with E-state index in [-0.39, 0.29) is 5.25 Å². The molecule has 1 atom stereocenters. The van der Waals surface area contributed by atoms with Gasteiger partial charge in [-0.15, -0.1) is 0 Å². The Morgan fingerprint density at radius 3 is 2.53 bits per heavy atom. The van der Waals surface area contributed by atoms with E-state index in [1.807, 2.05) is 4.90 Å². The number of hydrogen-bond acceptors (Lipinski definition) is 2. The van der Waals surface area contributed by atoms with Gasteiger partial charge < -0.3 is 4.90 Å². The summed E-state index contributed by atoms with van der Waals surface area (Å²) in [5.41, 5.74) is 0. The summed E-state index contributed by atoms with van der Waals surface area (Å²) in [5, 5.41) is 0.276. The molecule has 3 heteroatoms. The van der Waals surface area contributed by atoms with Gasteiger partial charge in [-0.25, -0.2) is 0 Å². The van der Waals surface area contributed by atoms with Gasteiger partial charge in [0.15, 0.2) is 0 Å². The number of unbranched alkanes of at least 4 members (excludes halogenated alkanes) is 5. The maximum atomic E-state index is 11.4. The molecule has 0 saturated carbocycles. The van der Waals surface area contributed by atoms with Crippen molar-refractivity contribution < 1.29 is 4.79 Å². The Labute approximate surface area is 98.8 Å². The smallest absolute Gasteiger partial charge is 0.223 e. The van der Waals surface area contributed by atoms with Crippen molar-refractivity contribution in [2.24, 2.45) is 0 Å². The van der Waals surface area contributed by atoms with Crippen LogP contribution < -0.4 is 0 Å². The van der Waals surface area contributed by atoms with Crippen molar-refractivity contribution in [1.82, 2.24) is 4.90 Å². The van der Waals surface area contributed by atoms with E-state index in [9.17, 15) is 4.79 Å². The molecule has 0 aromatic carbocycles. The summed E-state index contributed by atoms with van der Waals surface area (Å²) in [6, 6.07) is 0. The van der Waals surface area contributed by atoms with E-state index in [1.54, 1.807) is 0 Å². The monoisotopic (exact) mass is 229 g/mol. The molecule has 2 nitrogen and oxygen atoms in total. The molecule has 1 saturated heterocycles. The molecule has 1 amide bonds. The first-order chi connectivity index (χ1) is 7.24. The van der Waals surface area contributed by atoms with Crippen LogP contribution in [-0.4, -0.2) is 29.1 Å². The number of amides is 1. The molecule has 0 radical (unpaired) electrons. The van der Waals surface area contributed by atoms with Gasteiger partial charge in [0, 0.05) is 24.8 Å². The predicted octanol–water partition coefficient (Wildman–Crippen LogP) is 2.88. The molecule has 0 N–H and O–H groups in total. The molecule has 0 aromatic rings. The fourth-order valence-electron chi connectivity index (χ4n) is 2.05. The molecule has 0 bridgehead atoms. The Bertz CT molecular complexity index is 196. The minimum absolute atomic E-state index is 0.276. The molecule has 1 unspecified atom stereocenters. The van der Waals surface area contributed by atoms with Crippen LogP contribution in [0, 0.1) is 0 Å². The number of rotatable bonds is 7. The van der Waals surface area contributed by atoms with E-state index in [2.05, 4.69) is 19.6 Å². The SMILES string of the molecule is CCCCCCCCN1CC(S)CC1=O. The third kappa shape index (κ3) is 4.92. The van der Waals surface area contributed by atoms with Gasteiger partial charge in [0.2, 0.25) is 5.91 Å². The van der Waals surface area contributed by atoms with Crippen molar-refractivity contribution in [2.45, 2.75) is 57.1 Å². The van der Waals surface area contributed by atoms with Crippen LogP contribution in [0.2, 0.25) is 0 Å². The van der Waals surface area contributed by atoms with E-state index >= 15 is 0 Å². The second kappa shape index (κ2) is 7.15. The van der Waals surface area contributed by atoms with Gasteiger partial charge >= 0.3 is 0 Å². The Morgan fingerprint density at radius 2 is 1.93 bits per heavy atom. The Morgan fingerprint density at radius 1 is 1.27 bits per heavy atom. The van der Waals surface area contributed by atoms with Crippen LogP contribution in [0.15, 0.2) is 0 Å². The maximum Gasteiger partial charge on any atom is 0.223 e. The van der Waals surface area contributed by atoms with Crippen LogP contribution >= 0.6 is 12.6 Å². The first kappa shape index (κ1) is 12.9. The van der Waals surface area contributed by atoms with Crippen molar-refractivity contribution in [1.29, 1.82) is 0 Å². The Hall–Kier alpha value is -0.180. The average Bonchev–Trinajstić information content (AvgIpc) is 2.51. The second-order valence-electron chi connectivity index (χ2n) is 4.47. The van der Waals surface area contributed by atoms with Crippen LogP contribution in [0.5, 0.6) is 0 Å². The zero-order valence-corrected chi connectivity index (χ0v) is 10.6. The lowest BCUT2D eigenvalue weighted by atomic mass is 10.1. The summed E-state index contributed by atoms with van der Waals surface area (Å²) >= 11 is 4.34. The molecule has 1 fully saturated rings. The van der Waals surface area contributed by atoms with E-state index in [1.165, 1.54) is 32.1 Å². The van der Waals surface area contributed by atoms with Crippen LogP contribution in [0.3, 0.4) is 0 Å². The van der Waals surface area contributed by atoms with Crippen LogP contribution in [0.1, 0.15) is 51.9 Å². The van der Waals surface area contributed by atoms with E-state index in [0.29, 0.717) is 12.3 Å². The summed E-state index contributed by atoms with van der Waals surface area (Å²) in [6.45, 7) is 4.04. The summed E-state index contributed by atoms with van der Waals surface area (Å²) in [7, 11) is 0. The van der Waals surface area contributed by atoms with Gasteiger partial charge in [-0.1, -0.05) is 39.0 Å². The lowest BCUT2D eigenvalue weighted by Gasteiger charge is -2.15. The largest absolute Gasteiger partial charge is 0.342 e.